The number of hydrogen-bond acceptors (Lipinski definition) is 3. The first-order chi connectivity index (χ1) is 9.60. The molecule has 1 fully saturated rings. The fourth-order valence-electron chi connectivity index (χ4n) is 2.59. The van der Waals surface area contributed by atoms with Gasteiger partial charge in [-0.2, -0.15) is 0 Å². The largest absolute Gasteiger partial charge is 0.373 e. The summed E-state index contributed by atoms with van der Waals surface area (Å²) in [5.41, 5.74) is 0.294. The summed E-state index contributed by atoms with van der Waals surface area (Å²) in [7, 11) is 1.76. The maximum Gasteiger partial charge on any atom is 0.271 e. The highest BCUT2D eigenvalue weighted by molar-refractivity contribution is 6.33. The van der Waals surface area contributed by atoms with E-state index in [1.807, 2.05) is 0 Å². The van der Waals surface area contributed by atoms with Crippen LogP contribution in [-0.4, -0.2) is 24.5 Å². The molecule has 20 heavy (non-hydrogen) atoms. The molecule has 1 aliphatic carbocycles. The number of halogens is 1. The Bertz CT molecular complexity index is 470. The van der Waals surface area contributed by atoms with Gasteiger partial charge in [0.15, 0.2) is 0 Å². The topological polar surface area (TPSA) is 54.0 Å². The standard InChI is InChI=1S/C15H22ClN3O/c1-10-3-5-11(6-4-10)9-18-15(20)14-12(16)7-8-13(17-2)19-14/h7-8,10-11H,3-6,9H2,1-2H3,(H,17,19)(H,18,20). The van der Waals surface area contributed by atoms with Crippen LogP contribution in [0.2, 0.25) is 5.02 Å². The molecule has 0 atom stereocenters. The third-order valence-electron chi connectivity index (χ3n) is 4.00. The molecule has 1 aliphatic rings. The highest BCUT2D eigenvalue weighted by Crippen LogP contribution is 2.27. The van der Waals surface area contributed by atoms with Crippen LogP contribution in [0, 0.1) is 11.8 Å². The molecular weight excluding hydrogens is 274 g/mol. The molecular formula is C15H22ClN3O. The van der Waals surface area contributed by atoms with Crippen LogP contribution in [0.1, 0.15) is 43.1 Å². The first-order valence-electron chi connectivity index (χ1n) is 7.22. The van der Waals surface area contributed by atoms with Crippen molar-refractivity contribution in [2.75, 3.05) is 18.9 Å². The Morgan fingerprint density at radius 3 is 2.70 bits per heavy atom. The average molecular weight is 296 g/mol. The maximum absolute atomic E-state index is 12.2. The van der Waals surface area contributed by atoms with Crippen molar-refractivity contribution < 1.29 is 4.79 Å². The van der Waals surface area contributed by atoms with E-state index in [9.17, 15) is 4.79 Å². The monoisotopic (exact) mass is 295 g/mol. The van der Waals surface area contributed by atoms with Crippen molar-refractivity contribution in [1.29, 1.82) is 0 Å². The highest BCUT2D eigenvalue weighted by atomic mass is 35.5. The van der Waals surface area contributed by atoms with Crippen LogP contribution in [0.25, 0.3) is 0 Å². The molecule has 0 unspecified atom stereocenters. The summed E-state index contributed by atoms with van der Waals surface area (Å²) in [6.07, 6.45) is 4.90. The molecule has 1 aromatic rings. The van der Waals surface area contributed by atoms with Gasteiger partial charge in [0, 0.05) is 13.6 Å². The second kappa shape index (κ2) is 6.93. The van der Waals surface area contributed by atoms with Gasteiger partial charge >= 0.3 is 0 Å². The van der Waals surface area contributed by atoms with Crippen molar-refractivity contribution in [2.45, 2.75) is 32.6 Å². The molecule has 1 saturated carbocycles. The lowest BCUT2D eigenvalue weighted by Gasteiger charge is -2.26. The first-order valence-corrected chi connectivity index (χ1v) is 7.60. The minimum atomic E-state index is -0.189. The number of anilines is 1. The molecule has 0 aromatic carbocycles. The highest BCUT2D eigenvalue weighted by Gasteiger charge is 2.20. The normalized spacial score (nSPS) is 22.4. The van der Waals surface area contributed by atoms with Gasteiger partial charge in [0.2, 0.25) is 0 Å². The molecule has 4 nitrogen and oxygen atoms in total. The number of carbonyl (C=O) groups is 1. The van der Waals surface area contributed by atoms with Crippen LogP contribution < -0.4 is 10.6 Å². The summed E-state index contributed by atoms with van der Waals surface area (Å²) < 4.78 is 0. The van der Waals surface area contributed by atoms with Crippen LogP contribution in [0.15, 0.2) is 12.1 Å². The lowest BCUT2D eigenvalue weighted by atomic mass is 9.83. The molecule has 0 bridgehead atoms. The molecule has 0 radical (unpaired) electrons. The van der Waals surface area contributed by atoms with Gasteiger partial charge in [0.1, 0.15) is 11.5 Å². The van der Waals surface area contributed by atoms with E-state index < -0.39 is 0 Å². The van der Waals surface area contributed by atoms with Crippen molar-refractivity contribution in [3.05, 3.63) is 22.8 Å². The first kappa shape index (κ1) is 15.1. The maximum atomic E-state index is 12.2. The van der Waals surface area contributed by atoms with Crippen LogP contribution >= 0.6 is 11.6 Å². The number of nitrogens with zero attached hydrogens (tertiary/aromatic N) is 1. The van der Waals surface area contributed by atoms with E-state index in [0.717, 1.165) is 5.92 Å². The Balaban J connectivity index is 1.91. The van der Waals surface area contributed by atoms with E-state index in [-0.39, 0.29) is 5.91 Å². The van der Waals surface area contributed by atoms with Gasteiger partial charge < -0.3 is 10.6 Å². The predicted octanol–water partition coefficient (Wildman–Crippen LogP) is 3.33. The SMILES string of the molecule is CNc1ccc(Cl)c(C(=O)NCC2CCC(C)CC2)n1. The second-order valence-corrected chi connectivity index (χ2v) is 6.02. The number of pyridine rings is 1. The van der Waals surface area contributed by atoms with Crippen molar-refractivity contribution >= 4 is 23.3 Å². The van der Waals surface area contributed by atoms with Crippen molar-refractivity contribution in [2.24, 2.45) is 11.8 Å². The quantitative estimate of drug-likeness (QED) is 0.896. The number of amides is 1. The summed E-state index contributed by atoms with van der Waals surface area (Å²) in [6, 6.07) is 3.44. The van der Waals surface area contributed by atoms with E-state index in [1.165, 1.54) is 25.7 Å². The fraction of sp³-hybridized carbons (Fsp3) is 0.600. The Morgan fingerprint density at radius 1 is 1.35 bits per heavy atom. The molecule has 1 aromatic heterocycles. The van der Waals surface area contributed by atoms with Crippen molar-refractivity contribution in [3.8, 4) is 0 Å². The van der Waals surface area contributed by atoms with Crippen molar-refractivity contribution in [3.63, 3.8) is 0 Å². The zero-order chi connectivity index (χ0) is 14.5. The molecule has 1 amide bonds. The number of hydrogen-bond donors (Lipinski definition) is 2. The third kappa shape index (κ3) is 3.85. The summed E-state index contributed by atoms with van der Waals surface area (Å²) >= 11 is 6.04. The Kier molecular flexibility index (Phi) is 5.24. The van der Waals surface area contributed by atoms with E-state index in [2.05, 4.69) is 22.5 Å². The summed E-state index contributed by atoms with van der Waals surface area (Å²) in [4.78, 5) is 16.4. The molecule has 2 N–H and O–H groups in total. The van der Waals surface area contributed by atoms with E-state index in [0.29, 0.717) is 29.0 Å². The Hall–Kier alpha value is -1.29. The van der Waals surface area contributed by atoms with Crippen LogP contribution in [0.4, 0.5) is 5.82 Å². The third-order valence-corrected chi connectivity index (χ3v) is 4.31. The van der Waals surface area contributed by atoms with Gasteiger partial charge in [-0.25, -0.2) is 4.98 Å². The minimum absolute atomic E-state index is 0.189. The van der Waals surface area contributed by atoms with Gasteiger partial charge in [-0.05, 0) is 36.8 Å². The smallest absolute Gasteiger partial charge is 0.271 e. The molecule has 2 rings (SSSR count). The van der Waals surface area contributed by atoms with Gasteiger partial charge in [-0.1, -0.05) is 31.4 Å². The van der Waals surface area contributed by atoms with E-state index >= 15 is 0 Å². The lowest BCUT2D eigenvalue weighted by Crippen LogP contribution is -2.31. The molecule has 5 heteroatoms. The van der Waals surface area contributed by atoms with Gasteiger partial charge in [-0.3, -0.25) is 4.79 Å². The molecule has 0 spiro atoms. The van der Waals surface area contributed by atoms with E-state index in [4.69, 9.17) is 11.6 Å². The van der Waals surface area contributed by atoms with Gasteiger partial charge in [-0.15, -0.1) is 0 Å². The molecule has 110 valence electrons. The Labute approximate surface area is 125 Å². The van der Waals surface area contributed by atoms with Crippen molar-refractivity contribution in [1.82, 2.24) is 10.3 Å². The molecule has 1 heterocycles. The summed E-state index contributed by atoms with van der Waals surface area (Å²) in [5.74, 6) is 1.86. The molecule has 0 saturated heterocycles. The average Bonchev–Trinajstić information content (AvgIpc) is 2.47. The summed E-state index contributed by atoms with van der Waals surface area (Å²) in [5, 5.41) is 6.26. The number of nitrogens with one attached hydrogen (secondary N) is 2. The predicted molar refractivity (Wildman–Crippen MR) is 82.2 cm³/mol. The van der Waals surface area contributed by atoms with Gasteiger partial charge in [0.25, 0.3) is 5.91 Å². The second-order valence-electron chi connectivity index (χ2n) is 5.61. The number of carbonyl (C=O) groups excluding carboxylic acids is 1. The lowest BCUT2D eigenvalue weighted by molar-refractivity contribution is 0.0937. The van der Waals surface area contributed by atoms with Crippen LogP contribution in [0.3, 0.4) is 0 Å². The number of rotatable bonds is 4. The fourth-order valence-corrected chi connectivity index (χ4v) is 2.79. The van der Waals surface area contributed by atoms with Crippen LogP contribution in [-0.2, 0) is 0 Å². The van der Waals surface area contributed by atoms with E-state index in [1.54, 1.807) is 19.2 Å². The molecule has 0 aliphatic heterocycles. The number of aromatic nitrogens is 1. The Morgan fingerprint density at radius 2 is 2.05 bits per heavy atom. The van der Waals surface area contributed by atoms with Gasteiger partial charge in [0.05, 0.1) is 5.02 Å². The minimum Gasteiger partial charge on any atom is -0.373 e. The zero-order valence-corrected chi connectivity index (χ0v) is 12.8. The van der Waals surface area contributed by atoms with Crippen LogP contribution in [0.5, 0.6) is 0 Å². The zero-order valence-electron chi connectivity index (χ0n) is 12.1. The summed E-state index contributed by atoms with van der Waals surface area (Å²) in [6.45, 7) is 3.01.